The van der Waals surface area contributed by atoms with Crippen LogP contribution in [0.5, 0.6) is 5.75 Å². The number of Topliss-reactive ketones (excluding diaryl/α,β-unsaturated/α-hetero) is 1. The zero-order chi connectivity index (χ0) is 24.7. The number of halogens is 2. The molecule has 2 aliphatic rings. The van der Waals surface area contributed by atoms with Crippen molar-refractivity contribution in [2.24, 2.45) is 0 Å². The summed E-state index contributed by atoms with van der Waals surface area (Å²) in [5.41, 5.74) is 4.92. The molecule has 0 radical (unpaired) electrons. The second-order valence-electron chi connectivity index (χ2n) is 8.35. The van der Waals surface area contributed by atoms with Crippen LogP contribution in [-0.4, -0.2) is 18.9 Å². The summed E-state index contributed by atoms with van der Waals surface area (Å²) in [7, 11) is 1.32. The number of ketones is 1. The van der Waals surface area contributed by atoms with Crippen LogP contribution in [0.4, 0.5) is 4.39 Å². The highest BCUT2D eigenvalue weighted by atomic mass is 79.9. The van der Waals surface area contributed by atoms with Crippen LogP contribution < -0.4 is 10.1 Å². The fourth-order valence-electron chi connectivity index (χ4n) is 4.64. The molecule has 0 fully saturated rings. The van der Waals surface area contributed by atoms with Gasteiger partial charge in [-0.15, -0.1) is 0 Å². The molecular formula is C28H21BrFNO4. The number of benzene rings is 3. The van der Waals surface area contributed by atoms with Crippen molar-refractivity contribution in [1.29, 1.82) is 0 Å². The largest absolute Gasteiger partial charge is 0.489 e. The topological polar surface area (TPSA) is 64.6 Å². The maximum absolute atomic E-state index is 13.6. The molecule has 3 aromatic carbocycles. The molecule has 0 saturated heterocycles. The number of rotatable bonds is 5. The number of hydrogen-bond donors (Lipinski definition) is 1. The normalized spacial score (nSPS) is 16.6. The van der Waals surface area contributed by atoms with Crippen molar-refractivity contribution in [3.8, 4) is 5.75 Å². The maximum Gasteiger partial charge on any atom is 0.336 e. The van der Waals surface area contributed by atoms with Crippen molar-refractivity contribution < 1.29 is 23.5 Å². The summed E-state index contributed by atoms with van der Waals surface area (Å²) < 4.78 is 25.4. The molecule has 1 heterocycles. The first-order valence-corrected chi connectivity index (χ1v) is 11.8. The summed E-state index contributed by atoms with van der Waals surface area (Å²) in [5, 5.41) is 3.28. The molecule has 0 saturated carbocycles. The summed E-state index contributed by atoms with van der Waals surface area (Å²) in [5.74, 6) is -1.20. The number of allylic oxidation sites excluding steroid dienone is 2. The van der Waals surface area contributed by atoms with E-state index < -0.39 is 11.9 Å². The minimum absolute atomic E-state index is 0.147. The highest BCUT2D eigenvalue weighted by Crippen LogP contribution is 2.49. The number of carbonyl (C=O) groups is 2. The summed E-state index contributed by atoms with van der Waals surface area (Å²) in [4.78, 5) is 26.6. The average Bonchev–Trinajstić information content (AvgIpc) is 3.14. The molecule has 5 nitrogen and oxygen atoms in total. The number of dihydropyridines is 1. The van der Waals surface area contributed by atoms with Gasteiger partial charge in [-0.3, -0.25) is 4.79 Å². The molecule has 0 bridgehead atoms. The van der Waals surface area contributed by atoms with Crippen LogP contribution in [0.2, 0.25) is 0 Å². The Labute approximate surface area is 210 Å². The van der Waals surface area contributed by atoms with Gasteiger partial charge in [0.15, 0.2) is 5.78 Å². The smallest absolute Gasteiger partial charge is 0.336 e. The lowest BCUT2D eigenvalue weighted by molar-refractivity contribution is -0.136. The first-order valence-electron chi connectivity index (χ1n) is 11.0. The number of hydrogen-bond acceptors (Lipinski definition) is 5. The molecule has 1 N–H and O–H groups in total. The number of esters is 1. The average molecular weight is 534 g/mol. The van der Waals surface area contributed by atoms with Gasteiger partial charge in [-0.05, 0) is 42.8 Å². The lowest BCUT2D eigenvalue weighted by Gasteiger charge is -2.30. The third kappa shape index (κ3) is 4.06. The van der Waals surface area contributed by atoms with Crippen LogP contribution in [0.1, 0.15) is 39.9 Å². The first kappa shape index (κ1) is 23.1. The lowest BCUT2D eigenvalue weighted by Crippen LogP contribution is -2.29. The zero-order valence-electron chi connectivity index (χ0n) is 19.0. The van der Waals surface area contributed by atoms with Gasteiger partial charge >= 0.3 is 5.97 Å². The molecule has 176 valence electrons. The monoisotopic (exact) mass is 533 g/mol. The van der Waals surface area contributed by atoms with Crippen molar-refractivity contribution in [2.45, 2.75) is 19.4 Å². The molecule has 1 atom stereocenters. The molecule has 0 aromatic heterocycles. The highest BCUT2D eigenvalue weighted by Gasteiger charge is 2.43. The summed E-state index contributed by atoms with van der Waals surface area (Å²) in [6.45, 7) is 1.99. The van der Waals surface area contributed by atoms with Crippen molar-refractivity contribution in [3.63, 3.8) is 0 Å². The van der Waals surface area contributed by atoms with Crippen molar-refractivity contribution in [2.75, 3.05) is 7.11 Å². The van der Waals surface area contributed by atoms with Crippen LogP contribution in [0.3, 0.4) is 0 Å². The zero-order valence-corrected chi connectivity index (χ0v) is 20.6. The molecule has 7 heteroatoms. The van der Waals surface area contributed by atoms with Gasteiger partial charge in [0.1, 0.15) is 18.2 Å². The van der Waals surface area contributed by atoms with E-state index in [0.29, 0.717) is 39.4 Å². The van der Waals surface area contributed by atoms with Crippen molar-refractivity contribution >= 4 is 33.4 Å². The van der Waals surface area contributed by atoms with Gasteiger partial charge in [0.2, 0.25) is 0 Å². The standard InChI is InChI=1S/C28H21BrFNO4/c1-15-23(28(33)34-2)24(25-26(31-15)19-5-3-4-6-20(19)27(25)32)21-13-17(29)9-12-22(21)35-14-16-7-10-18(30)11-8-16/h3-13,24,31H,14H2,1-2H3/t24-/m1/s1. The molecule has 1 aliphatic heterocycles. The predicted octanol–water partition coefficient (Wildman–Crippen LogP) is 5.91. The van der Waals surface area contributed by atoms with Gasteiger partial charge in [0.05, 0.1) is 24.3 Å². The Kier molecular flexibility index (Phi) is 6.03. The van der Waals surface area contributed by atoms with Crippen molar-refractivity contribution in [1.82, 2.24) is 5.32 Å². The summed E-state index contributed by atoms with van der Waals surface area (Å²) >= 11 is 3.53. The fourth-order valence-corrected chi connectivity index (χ4v) is 5.02. The van der Waals surface area contributed by atoms with Crippen molar-refractivity contribution in [3.05, 3.63) is 116 Å². The SMILES string of the molecule is COC(=O)C1=C(C)NC2=C(C(=O)c3ccccc32)[C@@H]1c1cc(Br)ccc1OCc1ccc(F)cc1. The molecular weight excluding hydrogens is 513 g/mol. The van der Waals surface area contributed by atoms with Gasteiger partial charge in [0, 0.05) is 32.4 Å². The minimum Gasteiger partial charge on any atom is -0.489 e. The summed E-state index contributed by atoms with van der Waals surface area (Å²) in [6.07, 6.45) is 0. The van der Waals surface area contributed by atoms with Gasteiger partial charge in [0.25, 0.3) is 0 Å². The first-order chi connectivity index (χ1) is 16.9. The highest BCUT2D eigenvalue weighted by molar-refractivity contribution is 9.10. The van der Waals surface area contributed by atoms with E-state index in [0.717, 1.165) is 15.6 Å². The second kappa shape index (κ2) is 9.15. The van der Waals surface area contributed by atoms with Gasteiger partial charge in [-0.2, -0.15) is 0 Å². The van der Waals surface area contributed by atoms with E-state index in [1.54, 1.807) is 31.2 Å². The van der Waals surface area contributed by atoms with Crippen LogP contribution in [-0.2, 0) is 16.1 Å². The molecule has 0 amide bonds. The van der Waals surface area contributed by atoms with Gasteiger partial charge in [-0.1, -0.05) is 52.3 Å². The van der Waals surface area contributed by atoms with Crippen LogP contribution in [0.25, 0.3) is 5.70 Å². The fraction of sp³-hybridized carbons (Fsp3) is 0.143. The van der Waals surface area contributed by atoms with E-state index in [4.69, 9.17) is 9.47 Å². The Morgan fingerprint density at radius 1 is 1.06 bits per heavy atom. The van der Waals surface area contributed by atoms with E-state index in [1.165, 1.54) is 19.2 Å². The molecule has 0 spiro atoms. The van der Waals surface area contributed by atoms with E-state index in [-0.39, 0.29) is 18.2 Å². The Balaban J connectivity index is 1.64. The van der Waals surface area contributed by atoms with Crippen LogP contribution >= 0.6 is 15.9 Å². The predicted molar refractivity (Wildman–Crippen MR) is 133 cm³/mol. The Morgan fingerprint density at radius 3 is 2.49 bits per heavy atom. The quantitative estimate of drug-likeness (QED) is 0.413. The molecule has 0 unspecified atom stereocenters. The number of methoxy groups -OCH3 is 1. The Hall–Kier alpha value is -3.71. The number of fused-ring (bicyclic) bond motifs is 2. The van der Waals surface area contributed by atoms with Crippen LogP contribution in [0, 0.1) is 5.82 Å². The minimum atomic E-state index is -0.709. The van der Waals surface area contributed by atoms with Crippen LogP contribution in [0.15, 0.2) is 88.0 Å². The lowest BCUT2D eigenvalue weighted by atomic mass is 9.79. The van der Waals surface area contributed by atoms with E-state index in [9.17, 15) is 14.0 Å². The van der Waals surface area contributed by atoms with Gasteiger partial charge < -0.3 is 14.8 Å². The van der Waals surface area contributed by atoms with E-state index >= 15 is 0 Å². The Bertz CT molecular complexity index is 1430. The molecule has 35 heavy (non-hydrogen) atoms. The molecule has 5 rings (SSSR count). The van der Waals surface area contributed by atoms with E-state index in [2.05, 4.69) is 21.2 Å². The van der Waals surface area contributed by atoms with Gasteiger partial charge in [-0.25, -0.2) is 9.18 Å². The third-order valence-electron chi connectivity index (χ3n) is 6.24. The Morgan fingerprint density at radius 2 is 1.77 bits per heavy atom. The number of carbonyl (C=O) groups excluding carboxylic acids is 2. The molecule has 3 aromatic rings. The second-order valence-corrected chi connectivity index (χ2v) is 9.26. The van der Waals surface area contributed by atoms with E-state index in [1.807, 2.05) is 30.3 Å². The number of ether oxygens (including phenoxy) is 2. The number of nitrogens with one attached hydrogen (secondary N) is 1. The molecule has 1 aliphatic carbocycles. The maximum atomic E-state index is 13.6. The third-order valence-corrected chi connectivity index (χ3v) is 6.74. The summed E-state index contributed by atoms with van der Waals surface area (Å²) in [6, 6.07) is 18.9.